The molecule has 0 fully saturated rings. The summed E-state index contributed by atoms with van der Waals surface area (Å²) in [7, 11) is 0. The van der Waals surface area contributed by atoms with Gasteiger partial charge in [-0.1, -0.05) is 59.6 Å². The molecular formula is C17H14Cl2O. The van der Waals surface area contributed by atoms with E-state index in [1.165, 1.54) is 5.57 Å². The molecule has 0 aromatic heterocycles. The van der Waals surface area contributed by atoms with Gasteiger partial charge in [0.1, 0.15) is 12.4 Å². The van der Waals surface area contributed by atoms with Crippen LogP contribution in [0.5, 0.6) is 5.75 Å². The monoisotopic (exact) mass is 304 g/mol. The standard InChI is InChI=1S/C17H14Cl2O/c18-14-9-15(13-7-4-8-13)17(16(19)10-14)20-11-12-5-2-1-3-6-12/h1-3,5-7,9-10H,4,8,11H2. The number of allylic oxidation sites excluding steroid dienone is 2. The fourth-order valence-electron chi connectivity index (χ4n) is 2.21. The normalized spacial score (nSPS) is 13.6. The smallest absolute Gasteiger partial charge is 0.145 e. The molecule has 0 atom stereocenters. The second-order valence-electron chi connectivity index (χ2n) is 4.81. The predicted octanol–water partition coefficient (Wildman–Crippen LogP) is 5.75. The third-order valence-corrected chi connectivity index (χ3v) is 3.88. The van der Waals surface area contributed by atoms with Crippen LogP contribution < -0.4 is 4.74 Å². The second kappa shape index (κ2) is 5.90. The maximum Gasteiger partial charge on any atom is 0.145 e. The lowest BCUT2D eigenvalue weighted by atomic mass is 9.91. The van der Waals surface area contributed by atoms with E-state index in [-0.39, 0.29) is 0 Å². The summed E-state index contributed by atoms with van der Waals surface area (Å²) in [4.78, 5) is 0. The van der Waals surface area contributed by atoms with Crippen LogP contribution in [0.4, 0.5) is 0 Å². The lowest BCUT2D eigenvalue weighted by molar-refractivity contribution is 0.305. The zero-order valence-corrected chi connectivity index (χ0v) is 12.4. The van der Waals surface area contributed by atoms with Crippen LogP contribution in [0.15, 0.2) is 48.5 Å². The van der Waals surface area contributed by atoms with Gasteiger partial charge in [0, 0.05) is 10.6 Å². The lowest BCUT2D eigenvalue weighted by Crippen LogP contribution is -2.02. The first kappa shape index (κ1) is 13.5. The van der Waals surface area contributed by atoms with Gasteiger partial charge >= 0.3 is 0 Å². The van der Waals surface area contributed by atoms with Crippen molar-refractivity contribution in [1.29, 1.82) is 0 Å². The van der Waals surface area contributed by atoms with Gasteiger partial charge in [-0.2, -0.15) is 0 Å². The molecule has 2 aromatic carbocycles. The SMILES string of the molecule is Clc1cc(Cl)c(OCc2ccccc2)c(C2=CCC2)c1. The van der Waals surface area contributed by atoms with Crippen molar-refractivity contribution in [3.63, 3.8) is 0 Å². The number of halogens is 2. The molecule has 0 saturated heterocycles. The van der Waals surface area contributed by atoms with Crippen molar-refractivity contribution in [2.45, 2.75) is 19.4 Å². The van der Waals surface area contributed by atoms with Crippen LogP contribution in [0, 0.1) is 0 Å². The van der Waals surface area contributed by atoms with Crippen LogP contribution in [0.1, 0.15) is 24.0 Å². The molecule has 0 saturated carbocycles. The van der Waals surface area contributed by atoms with E-state index < -0.39 is 0 Å². The molecule has 3 heteroatoms. The number of hydrogen-bond donors (Lipinski definition) is 0. The van der Waals surface area contributed by atoms with Gasteiger partial charge in [0.05, 0.1) is 5.02 Å². The van der Waals surface area contributed by atoms with E-state index in [0.717, 1.165) is 29.7 Å². The molecular weight excluding hydrogens is 291 g/mol. The molecule has 0 spiro atoms. The summed E-state index contributed by atoms with van der Waals surface area (Å²) >= 11 is 12.4. The molecule has 1 aliphatic rings. The van der Waals surface area contributed by atoms with Crippen LogP contribution in [0.2, 0.25) is 10.0 Å². The Bertz CT molecular complexity index is 648. The van der Waals surface area contributed by atoms with E-state index in [0.29, 0.717) is 16.7 Å². The van der Waals surface area contributed by atoms with E-state index in [1.807, 2.05) is 36.4 Å². The van der Waals surface area contributed by atoms with Crippen LogP contribution in [0.3, 0.4) is 0 Å². The Labute approximate surface area is 128 Å². The summed E-state index contributed by atoms with van der Waals surface area (Å²) in [6.45, 7) is 0.502. The third-order valence-electron chi connectivity index (χ3n) is 3.38. The van der Waals surface area contributed by atoms with Crippen molar-refractivity contribution in [3.05, 3.63) is 69.7 Å². The fraction of sp³-hybridized carbons (Fsp3) is 0.176. The van der Waals surface area contributed by atoms with Gasteiger partial charge in [0.2, 0.25) is 0 Å². The Hall–Kier alpha value is -1.44. The largest absolute Gasteiger partial charge is 0.487 e. The van der Waals surface area contributed by atoms with Crippen molar-refractivity contribution < 1.29 is 4.74 Å². The summed E-state index contributed by atoms with van der Waals surface area (Å²) in [6.07, 6.45) is 4.35. The van der Waals surface area contributed by atoms with Crippen LogP contribution >= 0.6 is 23.2 Å². The number of rotatable bonds is 4. The highest BCUT2D eigenvalue weighted by atomic mass is 35.5. The highest BCUT2D eigenvalue weighted by Crippen LogP contribution is 2.41. The molecule has 0 N–H and O–H groups in total. The van der Waals surface area contributed by atoms with Crippen LogP contribution in [0.25, 0.3) is 5.57 Å². The third kappa shape index (κ3) is 2.84. The van der Waals surface area contributed by atoms with Gasteiger partial charge in [-0.05, 0) is 36.1 Å². The first-order chi connectivity index (χ1) is 9.74. The maximum absolute atomic E-state index is 6.29. The van der Waals surface area contributed by atoms with Gasteiger partial charge in [0.15, 0.2) is 0 Å². The van der Waals surface area contributed by atoms with Gasteiger partial charge in [-0.3, -0.25) is 0 Å². The maximum atomic E-state index is 6.29. The molecule has 2 aromatic rings. The van der Waals surface area contributed by atoms with E-state index in [1.54, 1.807) is 6.07 Å². The molecule has 102 valence electrons. The molecule has 0 unspecified atom stereocenters. The topological polar surface area (TPSA) is 9.23 Å². The summed E-state index contributed by atoms with van der Waals surface area (Å²) < 4.78 is 5.93. The van der Waals surface area contributed by atoms with E-state index in [9.17, 15) is 0 Å². The predicted molar refractivity (Wildman–Crippen MR) is 84.4 cm³/mol. The van der Waals surface area contributed by atoms with Gasteiger partial charge in [-0.15, -0.1) is 0 Å². The van der Waals surface area contributed by atoms with E-state index in [4.69, 9.17) is 27.9 Å². The van der Waals surface area contributed by atoms with E-state index in [2.05, 4.69) is 6.08 Å². The molecule has 20 heavy (non-hydrogen) atoms. The summed E-state index contributed by atoms with van der Waals surface area (Å²) in [5, 5.41) is 1.21. The quantitative estimate of drug-likeness (QED) is 0.699. The van der Waals surface area contributed by atoms with Crippen molar-refractivity contribution >= 4 is 28.8 Å². The van der Waals surface area contributed by atoms with Crippen molar-refractivity contribution in [1.82, 2.24) is 0 Å². The Morgan fingerprint density at radius 3 is 2.45 bits per heavy atom. The van der Waals surface area contributed by atoms with E-state index >= 15 is 0 Å². The zero-order valence-electron chi connectivity index (χ0n) is 10.9. The average molecular weight is 305 g/mol. The van der Waals surface area contributed by atoms with Gasteiger partial charge < -0.3 is 4.74 Å². The van der Waals surface area contributed by atoms with Crippen molar-refractivity contribution in [2.75, 3.05) is 0 Å². The van der Waals surface area contributed by atoms with Gasteiger partial charge in [0.25, 0.3) is 0 Å². The van der Waals surface area contributed by atoms with Crippen molar-refractivity contribution in [3.8, 4) is 5.75 Å². The molecule has 3 rings (SSSR count). The molecule has 0 aliphatic heterocycles. The Morgan fingerprint density at radius 1 is 1.05 bits per heavy atom. The summed E-state index contributed by atoms with van der Waals surface area (Å²) in [5.74, 6) is 0.728. The van der Waals surface area contributed by atoms with Crippen LogP contribution in [-0.2, 0) is 6.61 Å². The Morgan fingerprint density at radius 2 is 1.80 bits per heavy atom. The summed E-state index contributed by atoms with van der Waals surface area (Å²) in [6, 6.07) is 13.7. The van der Waals surface area contributed by atoms with Crippen LogP contribution in [-0.4, -0.2) is 0 Å². The van der Waals surface area contributed by atoms with Gasteiger partial charge in [-0.25, -0.2) is 0 Å². The highest BCUT2D eigenvalue weighted by molar-refractivity contribution is 6.36. The lowest BCUT2D eigenvalue weighted by Gasteiger charge is -2.20. The first-order valence-electron chi connectivity index (χ1n) is 6.59. The molecule has 1 aliphatic carbocycles. The highest BCUT2D eigenvalue weighted by Gasteiger charge is 2.17. The summed E-state index contributed by atoms with van der Waals surface area (Å²) in [5.41, 5.74) is 3.40. The number of hydrogen-bond acceptors (Lipinski definition) is 1. The minimum atomic E-state index is 0.502. The molecule has 0 radical (unpaired) electrons. The molecule has 1 nitrogen and oxygen atoms in total. The Kier molecular flexibility index (Phi) is 4.00. The molecule has 0 heterocycles. The van der Waals surface area contributed by atoms with Crippen molar-refractivity contribution in [2.24, 2.45) is 0 Å². The second-order valence-corrected chi connectivity index (χ2v) is 5.65. The number of ether oxygens (including phenoxy) is 1. The minimum Gasteiger partial charge on any atom is -0.487 e. The first-order valence-corrected chi connectivity index (χ1v) is 7.35. The number of benzene rings is 2. The molecule has 0 amide bonds. The minimum absolute atomic E-state index is 0.502. The molecule has 0 bridgehead atoms. The average Bonchev–Trinajstić information content (AvgIpc) is 2.37. The zero-order chi connectivity index (χ0) is 13.9. The Balaban J connectivity index is 1.88. The fourth-order valence-corrected chi connectivity index (χ4v) is 2.76.